The average molecular weight is 292 g/mol. The SMILES string of the molecule is Cc1nc(CC2CCc3ccccc3C2Cl)sc1C. The van der Waals surface area contributed by atoms with Gasteiger partial charge in [0, 0.05) is 11.3 Å². The largest absolute Gasteiger partial charge is 0.246 e. The Bertz CT molecular complexity index is 571. The quantitative estimate of drug-likeness (QED) is 0.721. The van der Waals surface area contributed by atoms with Crippen LogP contribution in [0.2, 0.25) is 0 Å². The molecule has 0 radical (unpaired) electrons. The van der Waals surface area contributed by atoms with Crippen LogP contribution in [0.4, 0.5) is 0 Å². The van der Waals surface area contributed by atoms with Crippen molar-refractivity contribution in [3.63, 3.8) is 0 Å². The summed E-state index contributed by atoms with van der Waals surface area (Å²) in [4.78, 5) is 5.99. The third-order valence-electron chi connectivity index (χ3n) is 4.06. The number of aromatic nitrogens is 1. The molecule has 1 aliphatic rings. The second-order valence-corrected chi connectivity index (χ2v) is 7.11. The molecule has 0 fully saturated rings. The number of alkyl halides is 1. The minimum absolute atomic E-state index is 0.134. The number of benzene rings is 1. The maximum Gasteiger partial charge on any atom is 0.0934 e. The standard InChI is InChI=1S/C16H18ClNS/c1-10-11(2)19-15(18-10)9-13-8-7-12-5-3-4-6-14(12)16(13)17/h3-6,13,16H,7-9H2,1-2H3. The molecule has 0 amide bonds. The lowest BCUT2D eigenvalue weighted by atomic mass is 9.82. The molecule has 1 nitrogen and oxygen atoms in total. The second kappa shape index (κ2) is 5.26. The van der Waals surface area contributed by atoms with E-state index in [2.05, 4.69) is 43.1 Å². The predicted molar refractivity (Wildman–Crippen MR) is 82.1 cm³/mol. The van der Waals surface area contributed by atoms with Gasteiger partial charge in [0.05, 0.1) is 16.1 Å². The highest BCUT2D eigenvalue weighted by atomic mass is 35.5. The Morgan fingerprint density at radius 1 is 1.32 bits per heavy atom. The second-order valence-electron chi connectivity index (χ2n) is 5.35. The van der Waals surface area contributed by atoms with Crippen molar-refractivity contribution in [2.75, 3.05) is 0 Å². The van der Waals surface area contributed by atoms with Crippen LogP contribution >= 0.6 is 22.9 Å². The zero-order valence-corrected chi connectivity index (χ0v) is 12.9. The highest BCUT2D eigenvalue weighted by molar-refractivity contribution is 7.11. The molecule has 2 unspecified atom stereocenters. The van der Waals surface area contributed by atoms with Gasteiger partial charge in [-0.2, -0.15) is 0 Å². The van der Waals surface area contributed by atoms with E-state index in [9.17, 15) is 0 Å². The Hall–Kier alpha value is -0.860. The molecule has 1 aliphatic carbocycles. The van der Waals surface area contributed by atoms with Crippen molar-refractivity contribution < 1.29 is 0 Å². The van der Waals surface area contributed by atoms with E-state index in [0.717, 1.165) is 12.8 Å². The first-order valence-corrected chi connectivity index (χ1v) is 8.05. The maximum absolute atomic E-state index is 6.69. The molecule has 3 rings (SSSR count). The summed E-state index contributed by atoms with van der Waals surface area (Å²) < 4.78 is 0. The summed E-state index contributed by atoms with van der Waals surface area (Å²) in [6.07, 6.45) is 3.33. The van der Waals surface area contributed by atoms with Crippen LogP contribution in [0.15, 0.2) is 24.3 Å². The average Bonchev–Trinajstić information content (AvgIpc) is 2.72. The fourth-order valence-electron chi connectivity index (χ4n) is 2.83. The topological polar surface area (TPSA) is 12.9 Å². The van der Waals surface area contributed by atoms with Crippen molar-refractivity contribution in [2.24, 2.45) is 5.92 Å². The number of hydrogen-bond acceptors (Lipinski definition) is 2. The first-order chi connectivity index (χ1) is 9.15. The predicted octanol–water partition coefficient (Wildman–Crippen LogP) is 4.84. The number of rotatable bonds is 2. The summed E-state index contributed by atoms with van der Waals surface area (Å²) in [6.45, 7) is 4.23. The smallest absolute Gasteiger partial charge is 0.0934 e. The molecule has 19 heavy (non-hydrogen) atoms. The molecule has 0 bridgehead atoms. The molecule has 0 saturated carbocycles. The summed E-state index contributed by atoms with van der Waals surface area (Å²) in [6, 6.07) is 8.58. The monoisotopic (exact) mass is 291 g/mol. The number of nitrogens with zero attached hydrogens (tertiary/aromatic N) is 1. The van der Waals surface area contributed by atoms with Crippen molar-refractivity contribution in [3.05, 3.63) is 51.0 Å². The molecule has 1 aromatic carbocycles. The highest BCUT2D eigenvalue weighted by Crippen LogP contribution is 2.41. The molecule has 1 aromatic heterocycles. The first kappa shape index (κ1) is 13.1. The summed E-state index contributed by atoms with van der Waals surface area (Å²) in [5, 5.41) is 1.37. The van der Waals surface area contributed by atoms with Crippen LogP contribution in [-0.4, -0.2) is 4.98 Å². The summed E-state index contributed by atoms with van der Waals surface area (Å²) in [7, 11) is 0. The van der Waals surface area contributed by atoms with Gasteiger partial charge in [-0.15, -0.1) is 22.9 Å². The minimum atomic E-state index is 0.134. The minimum Gasteiger partial charge on any atom is -0.246 e. The van der Waals surface area contributed by atoms with Gasteiger partial charge in [0.25, 0.3) is 0 Å². The molecule has 0 saturated heterocycles. The molecule has 0 N–H and O–H groups in total. The van der Waals surface area contributed by atoms with E-state index in [4.69, 9.17) is 11.6 Å². The van der Waals surface area contributed by atoms with Crippen molar-refractivity contribution in [3.8, 4) is 0 Å². The van der Waals surface area contributed by atoms with Gasteiger partial charge in [-0.1, -0.05) is 24.3 Å². The van der Waals surface area contributed by atoms with E-state index < -0.39 is 0 Å². The van der Waals surface area contributed by atoms with E-state index >= 15 is 0 Å². The summed E-state index contributed by atoms with van der Waals surface area (Å²) in [5.74, 6) is 0.515. The lowest BCUT2D eigenvalue weighted by Crippen LogP contribution is -2.19. The van der Waals surface area contributed by atoms with Crippen LogP contribution in [0.3, 0.4) is 0 Å². The lowest BCUT2D eigenvalue weighted by molar-refractivity contribution is 0.441. The Kier molecular flexibility index (Phi) is 3.64. The lowest BCUT2D eigenvalue weighted by Gasteiger charge is -2.29. The van der Waals surface area contributed by atoms with Gasteiger partial charge in [-0.25, -0.2) is 4.98 Å². The van der Waals surface area contributed by atoms with Crippen molar-refractivity contribution in [1.29, 1.82) is 0 Å². The van der Waals surface area contributed by atoms with E-state index in [-0.39, 0.29) is 5.38 Å². The number of thiazole rings is 1. The zero-order chi connectivity index (χ0) is 13.4. The molecular weight excluding hydrogens is 274 g/mol. The number of hydrogen-bond donors (Lipinski definition) is 0. The fourth-order valence-corrected chi connectivity index (χ4v) is 4.28. The Balaban J connectivity index is 1.80. The Morgan fingerprint density at radius 2 is 2.11 bits per heavy atom. The van der Waals surface area contributed by atoms with Crippen molar-refractivity contribution >= 4 is 22.9 Å². The van der Waals surface area contributed by atoms with E-state index in [1.165, 1.54) is 33.1 Å². The van der Waals surface area contributed by atoms with Gasteiger partial charge in [0.2, 0.25) is 0 Å². The number of fused-ring (bicyclic) bond motifs is 1. The van der Waals surface area contributed by atoms with Gasteiger partial charge in [-0.05, 0) is 43.7 Å². The summed E-state index contributed by atoms with van der Waals surface area (Å²) >= 11 is 8.51. The van der Waals surface area contributed by atoms with Crippen LogP contribution in [0.5, 0.6) is 0 Å². The van der Waals surface area contributed by atoms with Gasteiger partial charge >= 0.3 is 0 Å². The molecule has 100 valence electrons. The highest BCUT2D eigenvalue weighted by Gasteiger charge is 2.28. The van der Waals surface area contributed by atoms with Crippen LogP contribution < -0.4 is 0 Å². The van der Waals surface area contributed by atoms with Crippen LogP contribution in [0.1, 0.15) is 38.5 Å². The number of aryl methyl sites for hydroxylation is 3. The van der Waals surface area contributed by atoms with Crippen molar-refractivity contribution in [1.82, 2.24) is 4.98 Å². The van der Waals surface area contributed by atoms with Gasteiger partial charge in [0.1, 0.15) is 0 Å². The molecule has 1 heterocycles. The third kappa shape index (κ3) is 2.56. The number of halogens is 1. The molecular formula is C16H18ClNS. The molecule has 2 atom stereocenters. The molecule has 0 aliphatic heterocycles. The van der Waals surface area contributed by atoms with Gasteiger partial charge in [-0.3, -0.25) is 0 Å². The van der Waals surface area contributed by atoms with E-state index in [1.54, 1.807) is 0 Å². The molecule has 0 spiro atoms. The normalized spacial score (nSPS) is 22.3. The van der Waals surface area contributed by atoms with Crippen molar-refractivity contribution in [2.45, 2.75) is 38.5 Å². The first-order valence-electron chi connectivity index (χ1n) is 6.80. The van der Waals surface area contributed by atoms with Crippen LogP contribution in [0.25, 0.3) is 0 Å². The van der Waals surface area contributed by atoms with Crippen LogP contribution in [-0.2, 0) is 12.8 Å². The maximum atomic E-state index is 6.69. The fraction of sp³-hybridized carbons (Fsp3) is 0.438. The Morgan fingerprint density at radius 3 is 2.84 bits per heavy atom. The third-order valence-corrected chi connectivity index (χ3v) is 5.75. The molecule has 2 aromatic rings. The Labute approximate surface area is 123 Å². The van der Waals surface area contributed by atoms with E-state index in [0.29, 0.717) is 5.92 Å². The zero-order valence-electron chi connectivity index (χ0n) is 11.3. The van der Waals surface area contributed by atoms with Gasteiger partial charge < -0.3 is 0 Å². The van der Waals surface area contributed by atoms with Gasteiger partial charge in [0.15, 0.2) is 0 Å². The van der Waals surface area contributed by atoms with E-state index in [1.807, 2.05) is 11.3 Å². The molecule has 3 heteroatoms. The summed E-state index contributed by atoms with van der Waals surface area (Å²) in [5.41, 5.74) is 3.91. The van der Waals surface area contributed by atoms with Crippen LogP contribution in [0, 0.1) is 19.8 Å².